The second-order valence-electron chi connectivity index (χ2n) is 5.88. The molecule has 0 saturated carbocycles. The molecule has 0 bridgehead atoms. The fourth-order valence-corrected chi connectivity index (χ4v) is 3.22. The molecular formula is C18H18N4O2S. The molecule has 2 heterocycles. The third kappa shape index (κ3) is 4.00. The average Bonchev–Trinajstić information content (AvgIpc) is 2.94. The molecule has 6 nitrogen and oxygen atoms in total. The van der Waals surface area contributed by atoms with Crippen LogP contribution < -0.4 is 10.9 Å². The molecule has 0 aliphatic carbocycles. The van der Waals surface area contributed by atoms with Crippen LogP contribution in [-0.4, -0.2) is 20.7 Å². The molecule has 1 N–H and O–H groups in total. The van der Waals surface area contributed by atoms with Gasteiger partial charge in [-0.15, -0.1) is 11.3 Å². The molecule has 25 heavy (non-hydrogen) atoms. The summed E-state index contributed by atoms with van der Waals surface area (Å²) < 4.78 is 1.17. The first-order chi connectivity index (χ1) is 11.9. The minimum atomic E-state index is -0.332. The molecule has 0 fully saturated rings. The van der Waals surface area contributed by atoms with Crippen LogP contribution in [0.5, 0.6) is 0 Å². The van der Waals surface area contributed by atoms with Gasteiger partial charge >= 0.3 is 0 Å². The summed E-state index contributed by atoms with van der Waals surface area (Å²) >= 11 is 1.35. The van der Waals surface area contributed by atoms with E-state index in [1.54, 1.807) is 6.07 Å². The highest BCUT2D eigenvalue weighted by atomic mass is 32.1. The molecule has 0 aliphatic rings. The van der Waals surface area contributed by atoms with Crippen molar-refractivity contribution < 1.29 is 4.79 Å². The summed E-state index contributed by atoms with van der Waals surface area (Å²) in [5.74, 6) is -0.332. The number of nitrogens with zero attached hydrogens (tertiary/aromatic N) is 3. The van der Waals surface area contributed by atoms with E-state index in [2.05, 4.69) is 21.5 Å². The molecule has 128 valence electrons. The van der Waals surface area contributed by atoms with Gasteiger partial charge in [-0.2, -0.15) is 5.10 Å². The van der Waals surface area contributed by atoms with Crippen LogP contribution in [-0.2, 0) is 11.3 Å². The lowest BCUT2D eigenvalue weighted by molar-refractivity contribution is -0.117. The van der Waals surface area contributed by atoms with E-state index in [0.29, 0.717) is 10.8 Å². The number of aromatic nitrogens is 3. The van der Waals surface area contributed by atoms with Crippen LogP contribution >= 0.6 is 11.3 Å². The van der Waals surface area contributed by atoms with Crippen molar-refractivity contribution in [1.82, 2.24) is 14.8 Å². The van der Waals surface area contributed by atoms with Crippen molar-refractivity contribution in [2.45, 2.75) is 27.3 Å². The first-order valence-corrected chi connectivity index (χ1v) is 8.68. The van der Waals surface area contributed by atoms with Gasteiger partial charge in [0.2, 0.25) is 5.91 Å². The third-order valence-electron chi connectivity index (χ3n) is 3.68. The Balaban J connectivity index is 1.84. The summed E-state index contributed by atoms with van der Waals surface area (Å²) in [6.45, 7) is 5.72. The summed E-state index contributed by atoms with van der Waals surface area (Å²) in [5, 5.41) is 9.39. The molecule has 0 saturated heterocycles. The Morgan fingerprint density at radius 3 is 2.68 bits per heavy atom. The molecule has 2 aromatic heterocycles. The number of hydrogen-bond acceptors (Lipinski definition) is 5. The van der Waals surface area contributed by atoms with E-state index in [-0.39, 0.29) is 18.0 Å². The summed E-state index contributed by atoms with van der Waals surface area (Å²) in [4.78, 5) is 28.4. The van der Waals surface area contributed by atoms with Crippen molar-refractivity contribution in [3.05, 3.63) is 62.9 Å². The van der Waals surface area contributed by atoms with E-state index in [0.717, 1.165) is 22.4 Å². The van der Waals surface area contributed by atoms with Gasteiger partial charge in [0.05, 0.1) is 11.4 Å². The number of benzene rings is 1. The SMILES string of the molecule is Cc1ccc(-c2ccc(=O)n(CC(=O)Nc3nc(C)cs3)n2)c(C)c1. The Bertz CT molecular complexity index is 991. The molecule has 0 unspecified atom stereocenters. The van der Waals surface area contributed by atoms with Gasteiger partial charge in [0.15, 0.2) is 5.13 Å². The van der Waals surface area contributed by atoms with E-state index in [1.165, 1.54) is 22.1 Å². The van der Waals surface area contributed by atoms with Crippen molar-refractivity contribution in [2.75, 3.05) is 5.32 Å². The number of aryl methyl sites for hydroxylation is 3. The van der Waals surface area contributed by atoms with Gasteiger partial charge in [-0.1, -0.05) is 23.8 Å². The lowest BCUT2D eigenvalue weighted by Gasteiger charge is -2.09. The summed E-state index contributed by atoms with van der Waals surface area (Å²) in [6.07, 6.45) is 0. The fraction of sp³-hybridized carbons (Fsp3) is 0.222. The lowest BCUT2D eigenvalue weighted by atomic mass is 10.0. The van der Waals surface area contributed by atoms with Crippen LogP contribution in [0.15, 0.2) is 40.5 Å². The maximum Gasteiger partial charge on any atom is 0.267 e. The van der Waals surface area contributed by atoms with Crippen LogP contribution in [0.1, 0.15) is 16.8 Å². The molecule has 0 atom stereocenters. The third-order valence-corrected chi connectivity index (χ3v) is 4.56. The van der Waals surface area contributed by atoms with Gasteiger partial charge in [-0.05, 0) is 32.4 Å². The molecular weight excluding hydrogens is 336 g/mol. The zero-order chi connectivity index (χ0) is 18.0. The van der Waals surface area contributed by atoms with Crippen LogP contribution in [0.25, 0.3) is 11.3 Å². The zero-order valence-corrected chi connectivity index (χ0v) is 15.1. The number of nitrogens with one attached hydrogen (secondary N) is 1. The van der Waals surface area contributed by atoms with Crippen molar-refractivity contribution in [3.63, 3.8) is 0 Å². The normalized spacial score (nSPS) is 10.7. The van der Waals surface area contributed by atoms with Crippen LogP contribution in [0, 0.1) is 20.8 Å². The Labute approximate surface area is 149 Å². The molecule has 3 rings (SSSR count). The fourth-order valence-electron chi connectivity index (χ4n) is 2.51. The monoisotopic (exact) mass is 354 g/mol. The predicted octanol–water partition coefficient (Wildman–Crippen LogP) is 2.93. The number of carbonyl (C=O) groups excluding carboxylic acids is 1. The van der Waals surface area contributed by atoms with E-state index >= 15 is 0 Å². The number of hydrogen-bond donors (Lipinski definition) is 1. The minimum absolute atomic E-state index is 0.157. The average molecular weight is 354 g/mol. The number of anilines is 1. The number of carbonyl (C=O) groups is 1. The number of amides is 1. The largest absolute Gasteiger partial charge is 0.300 e. The Hall–Kier alpha value is -2.80. The Morgan fingerprint density at radius 1 is 1.20 bits per heavy atom. The van der Waals surface area contributed by atoms with Crippen LogP contribution in [0.3, 0.4) is 0 Å². The number of rotatable bonds is 4. The van der Waals surface area contributed by atoms with Crippen LogP contribution in [0.2, 0.25) is 0 Å². The standard InChI is InChI=1S/C18H18N4O2S/c1-11-4-5-14(12(2)8-11)15-6-7-17(24)22(21-15)9-16(23)20-18-19-13(3)10-25-18/h4-8,10H,9H2,1-3H3,(H,19,20,23). The smallest absolute Gasteiger partial charge is 0.267 e. The van der Waals surface area contributed by atoms with Gasteiger partial charge in [0.1, 0.15) is 6.54 Å². The topological polar surface area (TPSA) is 76.9 Å². The number of thiazole rings is 1. The second-order valence-corrected chi connectivity index (χ2v) is 6.73. The molecule has 0 aliphatic heterocycles. The molecule has 0 spiro atoms. The van der Waals surface area contributed by atoms with Crippen molar-refractivity contribution in [1.29, 1.82) is 0 Å². The lowest BCUT2D eigenvalue weighted by Crippen LogP contribution is -2.29. The van der Waals surface area contributed by atoms with Gasteiger partial charge in [-0.25, -0.2) is 9.67 Å². The quantitative estimate of drug-likeness (QED) is 0.781. The van der Waals surface area contributed by atoms with Crippen molar-refractivity contribution in [2.24, 2.45) is 0 Å². The highest BCUT2D eigenvalue weighted by Gasteiger charge is 2.11. The maximum atomic E-state index is 12.2. The van der Waals surface area contributed by atoms with Crippen LogP contribution in [0.4, 0.5) is 5.13 Å². The first kappa shape index (κ1) is 17.0. The summed E-state index contributed by atoms with van der Waals surface area (Å²) in [6, 6.07) is 9.14. The van der Waals surface area contributed by atoms with Gasteiger partial charge < -0.3 is 5.32 Å². The molecule has 1 amide bonds. The van der Waals surface area contributed by atoms with Crippen molar-refractivity contribution >= 4 is 22.4 Å². The molecule has 0 radical (unpaired) electrons. The van der Waals surface area contributed by atoms with Gasteiger partial charge in [0.25, 0.3) is 5.56 Å². The van der Waals surface area contributed by atoms with Gasteiger partial charge in [0, 0.05) is 17.0 Å². The second kappa shape index (κ2) is 6.98. The maximum absolute atomic E-state index is 12.2. The van der Waals surface area contributed by atoms with Crippen molar-refractivity contribution in [3.8, 4) is 11.3 Å². The Morgan fingerprint density at radius 2 is 2.00 bits per heavy atom. The van der Waals surface area contributed by atoms with Gasteiger partial charge in [-0.3, -0.25) is 9.59 Å². The molecule has 7 heteroatoms. The van der Waals surface area contributed by atoms with E-state index in [9.17, 15) is 9.59 Å². The Kier molecular flexibility index (Phi) is 4.76. The highest BCUT2D eigenvalue weighted by Crippen LogP contribution is 2.21. The highest BCUT2D eigenvalue weighted by molar-refractivity contribution is 7.13. The summed E-state index contributed by atoms with van der Waals surface area (Å²) in [7, 11) is 0. The molecule has 1 aromatic carbocycles. The van der Waals surface area contributed by atoms with E-state index < -0.39 is 0 Å². The molecule has 3 aromatic rings. The van der Waals surface area contributed by atoms with E-state index in [1.807, 2.05) is 38.3 Å². The predicted molar refractivity (Wildman–Crippen MR) is 98.9 cm³/mol. The summed E-state index contributed by atoms with van der Waals surface area (Å²) in [5.41, 5.74) is 4.35. The zero-order valence-electron chi connectivity index (χ0n) is 14.2. The minimum Gasteiger partial charge on any atom is -0.300 e. The first-order valence-electron chi connectivity index (χ1n) is 7.80. The van der Waals surface area contributed by atoms with E-state index in [4.69, 9.17) is 0 Å².